The van der Waals surface area contributed by atoms with Gasteiger partial charge >= 0.3 is 39.5 Å². The first-order chi connectivity index (χ1) is 44.9. The van der Waals surface area contributed by atoms with Gasteiger partial charge in [-0.15, -0.1) is 0 Å². The Labute approximate surface area is 568 Å². The van der Waals surface area contributed by atoms with E-state index in [2.05, 4.69) is 41.5 Å². The molecule has 0 saturated carbocycles. The summed E-state index contributed by atoms with van der Waals surface area (Å²) in [5.41, 5.74) is 0. The fourth-order valence-corrected chi connectivity index (χ4v) is 12.9. The topological polar surface area (TPSA) is 237 Å². The van der Waals surface area contributed by atoms with E-state index in [9.17, 15) is 43.2 Å². The summed E-state index contributed by atoms with van der Waals surface area (Å²) in [7, 11) is -9.91. The summed E-state index contributed by atoms with van der Waals surface area (Å²) in [6.07, 6.45) is 52.9. The van der Waals surface area contributed by atoms with Gasteiger partial charge in [0.15, 0.2) is 12.2 Å². The molecule has 0 spiro atoms. The van der Waals surface area contributed by atoms with Crippen molar-refractivity contribution in [3.63, 3.8) is 0 Å². The van der Waals surface area contributed by atoms with Gasteiger partial charge in [0, 0.05) is 25.7 Å². The number of phosphoric ester groups is 2. The monoisotopic (exact) mass is 1370 g/mol. The zero-order valence-corrected chi connectivity index (χ0v) is 62.3. The predicted octanol–water partition coefficient (Wildman–Crippen LogP) is 21.6. The van der Waals surface area contributed by atoms with Crippen molar-refractivity contribution in [3.05, 3.63) is 0 Å². The Morgan fingerprint density at radius 3 is 0.731 bits per heavy atom. The maximum Gasteiger partial charge on any atom is 0.472 e. The van der Waals surface area contributed by atoms with Crippen molar-refractivity contribution < 1.29 is 80.2 Å². The highest BCUT2D eigenvalue weighted by atomic mass is 31.2. The molecule has 19 heteroatoms. The standard InChI is InChI=1S/C74H144O17P2/c1-7-9-11-13-15-17-19-21-22-23-24-25-26-27-28-30-32-39-46-52-58-73(78)90-69(62-84-71(76)56-50-44-38-31-29-20-18-16-14-12-10-8-2)64-88-92(80,81)86-60-68(75)61-87-93(82,83)89-65-70(63-85-72(77)57-51-45-41-35-37-43-49-55-67(5)6)91-74(79)59-53-47-40-34-33-36-42-48-54-66(3)4/h66-70,75H,7-65H2,1-6H3,(H,80,81)(H,82,83)/t68-,69-,70-/m1/s1. The Morgan fingerprint density at radius 1 is 0.290 bits per heavy atom. The van der Waals surface area contributed by atoms with Crippen LogP contribution in [0.15, 0.2) is 0 Å². The van der Waals surface area contributed by atoms with Crippen LogP contribution in [0.5, 0.6) is 0 Å². The second-order valence-corrected chi connectivity index (χ2v) is 30.5. The summed E-state index contributed by atoms with van der Waals surface area (Å²) < 4.78 is 68.4. The lowest BCUT2D eigenvalue weighted by Gasteiger charge is -2.21. The first-order valence-corrected chi connectivity index (χ1v) is 41.5. The SMILES string of the molecule is CCCCCCCCCCCCCCCCCCCCCCC(=O)O[C@H](COC(=O)CCCCCCCCCCCCCC)COP(=O)(O)OC[C@@H](O)COP(=O)(O)OC[C@@H](COC(=O)CCCCCCCCCC(C)C)OC(=O)CCCCCCCCCCC(C)C. The number of aliphatic hydroxyl groups is 1. The third-order valence-electron chi connectivity index (χ3n) is 17.2. The van der Waals surface area contributed by atoms with Crippen molar-refractivity contribution in [2.45, 2.75) is 400 Å². The lowest BCUT2D eigenvalue weighted by molar-refractivity contribution is -0.161. The third kappa shape index (κ3) is 68.4. The average Bonchev–Trinajstić information content (AvgIpc) is 1.85. The van der Waals surface area contributed by atoms with Crippen LogP contribution < -0.4 is 0 Å². The number of carbonyl (C=O) groups is 4. The Morgan fingerprint density at radius 2 is 0.495 bits per heavy atom. The molecular weight excluding hydrogens is 1220 g/mol. The van der Waals surface area contributed by atoms with Crippen LogP contribution in [-0.4, -0.2) is 96.7 Å². The summed E-state index contributed by atoms with van der Waals surface area (Å²) in [5, 5.41) is 10.6. The van der Waals surface area contributed by atoms with Gasteiger partial charge < -0.3 is 33.8 Å². The Bertz CT molecular complexity index is 1800. The molecule has 552 valence electrons. The highest BCUT2D eigenvalue weighted by Gasteiger charge is 2.30. The molecule has 0 aliphatic rings. The summed E-state index contributed by atoms with van der Waals surface area (Å²) in [6.45, 7) is 9.48. The van der Waals surface area contributed by atoms with E-state index in [-0.39, 0.29) is 25.7 Å². The molecule has 0 aliphatic heterocycles. The first kappa shape index (κ1) is 91.1. The Kier molecular flexibility index (Phi) is 64.6. The van der Waals surface area contributed by atoms with Crippen molar-refractivity contribution in [1.29, 1.82) is 0 Å². The molecule has 5 atom stereocenters. The minimum absolute atomic E-state index is 0.104. The molecule has 0 saturated heterocycles. The summed E-state index contributed by atoms with van der Waals surface area (Å²) in [5.74, 6) is -0.698. The summed E-state index contributed by atoms with van der Waals surface area (Å²) >= 11 is 0. The van der Waals surface area contributed by atoms with Crippen molar-refractivity contribution in [2.75, 3.05) is 39.6 Å². The zero-order valence-electron chi connectivity index (χ0n) is 60.6. The van der Waals surface area contributed by atoms with Crippen LogP contribution in [0.2, 0.25) is 0 Å². The number of esters is 4. The Balaban J connectivity index is 5.20. The van der Waals surface area contributed by atoms with Crippen LogP contribution in [0.4, 0.5) is 0 Å². The summed E-state index contributed by atoms with van der Waals surface area (Å²) in [6, 6.07) is 0. The molecule has 17 nitrogen and oxygen atoms in total. The van der Waals surface area contributed by atoms with Crippen LogP contribution in [0.1, 0.15) is 382 Å². The van der Waals surface area contributed by atoms with Gasteiger partial charge in [0.25, 0.3) is 0 Å². The molecule has 0 fully saturated rings. The quantitative estimate of drug-likeness (QED) is 0.0222. The molecule has 93 heavy (non-hydrogen) atoms. The predicted molar refractivity (Wildman–Crippen MR) is 377 cm³/mol. The van der Waals surface area contributed by atoms with E-state index in [1.165, 1.54) is 193 Å². The van der Waals surface area contributed by atoms with Crippen LogP contribution in [-0.2, 0) is 65.4 Å². The number of phosphoric acid groups is 2. The molecule has 0 rings (SSSR count). The minimum Gasteiger partial charge on any atom is -0.462 e. The molecule has 0 bridgehead atoms. The van der Waals surface area contributed by atoms with Gasteiger partial charge in [-0.3, -0.25) is 37.3 Å². The summed E-state index contributed by atoms with van der Waals surface area (Å²) in [4.78, 5) is 72.6. The second-order valence-electron chi connectivity index (χ2n) is 27.6. The van der Waals surface area contributed by atoms with Gasteiger partial charge in [0.1, 0.15) is 19.3 Å². The van der Waals surface area contributed by atoms with Crippen LogP contribution in [0.25, 0.3) is 0 Å². The number of aliphatic hydroxyl groups excluding tert-OH is 1. The fourth-order valence-electron chi connectivity index (χ4n) is 11.3. The van der Waals surface area contributed by atoms with Crippen molar-refractivity contribution in [1.82, 2.24) is 0 Å². The van der Waals surface area contributed by atoms with Gasteiger partial charge in [0.2, 0.25) is 0 Å². The van der Waals surface area contributed by atoms with E-state index in [0.717, 1.165) is 102 Å². The molecule has 0 amide bonds. The zero-order chi connectivity index (χ0) is 68.6. The van der Waals surface area contributed by atoms with E-state index < -0.39 is 97.5 Å². The van der Waals surface area contributed by atoms with E-state index in [1.54, 1.807) is 0 Å². The third-order valence-corrected chi connectivity index (χ3v) is 19.1. The van der Waals surface area contributed by atoms with Crippen LogP contribution in [0.3, 0.4) is 0 Å². The maximum absolute atomic E-state index is 13.1. The molecular formula is C74H144O17P2. The van der Waals surface area contributed by atoms with Gasteiger partial charge in [-0.2, -0.15) is 0 Å². The van der Waals surface area contributed by atoms with Crippen molar-refractivity contribution in [3.8, 4) is 0 Å². The number of ether oxygens (including phenoxy) is 4. The van der Waals surface area contributed by atoms with E-state index in [1.807, 2.05) is 0 Å². The Hall–Kier alpha value is -1.94. The van der Waals surface area contributed by atoms with E-state index >= 15 is 0 Å². The van der Waals surface area contributed by atoms with Crippen LogP contribution >= 0.6 is 15.6 Å². The van der Waals surface area contributed by atoms with Gasteiger partial charge in [-0.05, 0) is 37.5 Å². The lowest BCUT2D eigenvalue weighted by atomic mass is 10.0. The number of hydrogen-bond donors (Lipinski definition) is 3. The highest BCUT2D eigenvalue weighted by Crippen LogP contribution is 2.45. The van der Waals surface area contributed by atoms with E-state index in [0.29, 0.717) is 31.6 Å². The molecule has 0 aromatic rings. The van der Waals surface area contributed by atoms with Gasteiger partial charge in [-0.25, -0.2) is 9.13 Å². The van der Waals surface area contributed by atoms with Crippen molar-refractivity contribution >= 4 is 39.5 Å². The fraction of sp³-hybridized carbons (Fsp3) is 0.946. The number of rotatable bonds is 73. The average molecular weight is 1370 g/mol. The molecule has 0 radical (unpaired) electrons. The maximum atomic E-state index is 13.1. The molecule has 0 aromatic carbocycles. The van der Waals surface area contributed by atoms with Crippen LogP contribution in [0, 0.1) is 11.8 Å². The van der Waals surface area contributed by atoms with Crippen molar-refractivity contribution in [2.24, 2.45) is 11.8 Å². The lowest BCUT2D eigenvalue weighted by Crippen LogP contribution is -2.30. The van der Waals surface area contributed by atoms with Gasteiger partial charge in [-0.1, -0.05) is 330 Å². The molecule has 0 heterocycles. The normalized spacial score (nSPS) is 14.1. The number of unbranched alkanes of at least 4 members (excludes halogenated alkanes) is 43. The minimum atomic E-state index is -4.95. The van der Waals surface area contributed by atoms with E-state index in [4.69, 9.17) is 37.0 Å². The molecule has 3 N–H and O–H groups in total. The molecule has 0 aromatic heterocycles. The van der Waals surface area contributed by atoms with Gasteiger partial charge in [0.05, 0.1) is 26.4 Å². The molecule has 2 unspecified atom stereocenters. The second kappa shape index (κ2) is 66.0. The smallest absolute Gasteiger partial charge is 0.462 e. The number of hydrogen-bond acceptors (Lipinski definition) is 15. The molecule has 0 aliphatic carbocycles. The largest absolute Gasteiger partial charge is 0.472 e. The highest BCUT2D eigenvalue weighted by molar-refractivity contribution is 7.47. The number of carbonyl (C=O) groups excluding carboxylic acids is 4. The first-order valence-electron chi connectivity index (χ1n) is 38.5.